The molecule has 0 aliphatic heterocycles. The van der Waals surface area contributed by atoms with Crippen LogP contribution in [0.4, 0.5) is 11.6 Å². The number of nitrogens with two attached hydrogens (primary N) is 1. The topological polar surface area (TPSA) is 67.1 Å². The van der Waals surface area contributed by atoms with Crippen LogP contribution in [0.1, 0.15) is 4.88 Å². The van der Waals surface area contributed by atoms with Crippen LogP contribution in [0.3, 0.4) is 0 Å². The third-order valence-electron chi connectivity index (χ3n) is 2.44. The van der Waals surface area contributed by atoms with E-state index in [1.54, 1.807) is 11.3 Å². The zero-order valence-corrected chi connectivity index (χ0v) is 12.9. The molecule has 5 nitrogen and oxygen atoms in total. The number of hydrazine groups is 1. The minimum absolute atomic E-state index is 0.602. The van der Waals surface area contributed by atoms with Crippen molar-refractivity contribution in [3.05, 3.63) is 27.4 Å². The molecule has 0 aliphatic rings. The lowest BCUT2D eigenvalue weighted by Crippen LogP contribution is -2.19. The Labute approximate surface area is 125 Å². The number of nitrogens with one attached hydrogen (secondary N) is 1. The van der Waals surface area contributed by atoms with Crippen molar-refractivity contribution in [3.8, 4) is 0 Å². The van der Waals surface area contributed by atoms with Crippen LogP contribution in [-0.2, 0) is 6.54 Å². The van der Waals surface area contributed by atoms with E-state index in [2.05, 4.69) is 15.4 Å². The van der Waals surface area contributed by atoms with Crippen molar-refractivity contribution in [3.63, 3.8) is 0 Å². The molecular formula is C11H14ClN5S2. The van der Waals surface area contributed by atoms with Gasteiger partial charge in [0.2, 0.25) is 0 Å². The second kappa shape index (κ2) is 6.42. The Bertz CT molecular complexity index is 538. The summed E-state index contributed by atoms with van der Waals surface area (Å²) in [4.78, 5) is 11.9. The predicted molar refractivity (Wildman–Crippen MR) is 83.1 cm³/mol. The second-order valence-corrected chi connectivity index (χ2v) is 6.38. The van der Waals surface area contributed by atoms with Crippen LogP contribution in [0.15, 0.2) is 23.4 Å². The number of aromatic nitrogens is 2. The SMILES string of the molecule is CSc1nc(NN)cc(N(C)Cc2ccc(Cl)s2)n1. The van der Waals surface area contributed by atoms with Gasteiger partial charge in [-0.1, -0.05) is 23.4 Å². The molecule has 3 N–H and O–H groups in total. The fourth-order valence-corrected chi connectivity index (χ4v) is 3.04. The van der Waals surface area contributed by atoms with E-state index in [-0.39, 0.29) is 0 Å². The molecule has 0 aromatic carbocycles. The predicted octanol–water partition coefficient (Wildman–Crippen LogP) is 2.84. The van der Waals surface area contributed by atoms with Crippen molar-refractivity contribution in [2.24, 2.45) is 5.84 Å². The molecule has 0 bridgehead atoms. The molecule has 0 spiro atoms. The third kappa shape index (κ3) is 3.73. The van der Waals surface area contributed by atoms with Gasteiger partial charge in [-0.3, -0.25) is 0 Å². The first kappa shape index (κ1) is 14.4. The summed E-state index contributed by atoms with van der Waals surface area (Å²) >= 11 is 8.97. The number of nitrogen functional groups attached to an aromatic ring is 1. The van der Waals surface area contributed by atoms with Gasteiger partial charge in [0.05, 0.1) is 10.9 Å². The molecule has 0 atom stereocenters. The molecular weight excluding hydrogens is 302 g/mol. The molecule has 0 radical (unpaired) electrons. The summed E-state index contributed by atoms with van der Waals surface area (Å²) in [5.41, 5.74) is 2.56. The Hall–Kier alpha value is -1.02. The molecule has 2 rings (SSSR count). The zero-order valence-electron chi connectivity index (χ0n) is 10.6. The lowest BCUT2D eigenvalue weighted by Gasteiger charge is -2.18. The number of anilines is 2. The Kier molecular flexibility index (Phi) is 4.87. The van der Waals surface area contributed by atoms with Crippen LogP contribution >= 0.6 is 34.7 Å². The summed E-state index contributed by atoms with van der Waals surface area (Å²) in [6.07, 6.45) is 1.93. The number of thiophene rings is 1. The molecule has 2 aromatic rings. The first-order chi connectivity index (χ1) is 9.12. The van der Waals surface area contributed by atoms with Crippen LogP contribution in [0, 0.1) is 0 Å². The van der Waals surface area contributed by atoms with Crippen LogP contribution in [-0.4, -0.2) is 23.3 Å². The first-order valence-electron chi connectivity index (χ1n) is 5.47. The second-order valence-electron chi connectivity index (χ2n) is 3.80. The normalized spacial score (nSPS) is 10.5. The smallest absolute Gasteiger partial charge is 0.191 e. The van der Waals surface area contributed by atoms with E-state index in [4.69, 9.17) is 17.4 Å². The van der Waals surface area contributed by atoms with Crippen LogP contribution in [0.2, 0.25) is 4.34 Å². The van der Waals surface area contributed by atoms with Crippen molar-refractivity contribution >= 4 is 46.3 Å². The number of nitrogens with zero attached hydrogens (tertiary/aromatic N) is 3. The summed E-state index contributed by atoms with van der Waals surface area (Å²) in [6.45, 7) is 0.742. The van der Waals surface area contributed by atoms with Crippen LogP contribution in [0.5, 0.6) is 0 Å². The average Bonchev–Trinajstić information content (AvgIpc) is 2.83. The van der Waals surface area contributed by atoms with Crippen molar-refractivity contribution in [2.75, 3.05) is 23.6 Å². The monoisotopic (exact) mass is 315 g/mol. The van der Waals surface area contributed by atoms with Crippen molar-refractivity contribution in [1.82, 2.24) is 9.97 Å². The molecule has 0 unspecified atom stereocenters. The van der Waals surface area contributed by atoms with E-state index < -0.39 is 0 Å². The van der Waals surface area contributed by atoms with Gasteiger partial charge in [-0.05, 0) is 18.4 Å². The molecule has 0 saturated heterocycles. The van der Waals surface area contributed by atoms with Gasteiger partial charge in [-0.25, -0.2) is 15.8 Å². The van der Waals surface area contributed by atoms with Crippen molar-refractivity contribution in [2.45, 2.75) is 11.7 Å². The standard InChI is InChI=1S/C11H14ClN5S2/c1-17(6-7-3-4-8(12)19-7)10-5-9(16-13)14-11(15-10)18-2/h3-5H,6,13H2,1-2H3,(H,14,15,16). The molecule has 0 fully saturated rings. The lowest BCUT2D eigenvalue weighted by molar-refractivity contribution is 0.865. The average molecular weight is 316 g/mol. The summed E-state index contributed by atoms with van der Waals surface area (Å²) in [5.74, 6) is 6.83. The Morgan fingerprint density at radius 3 is 2.84 bits per heavy atom. The molecule has 0 aliphatic carbocycles. The maximum absolute atomic E-state index is 5.93. The molecule has 19 heavy (non-hydrogen) atoms. The molecule has 8 heteroatoms. The van der Waals surface area contributed by atoms with Gasteiger partial charge in [-0.15, -0.1) is 11.3 Å². The molecule has 2 aromatic heterocycles. The maximum atomic E-state index is 5.93. The number of thioether (sulfide) groups is 1. The third-order valence-corrected chi connectivity index (χ3v) is 4.20. The highest BCUT2D eigenvalue weighted by molar-refractivity contribution is 7.98. The lowest BCUT2D eigenvalue weighted by atomic mass is 10.4. The largest absolute Gasteiger partial charge is 0.354 e. The van der Waals surface area contributed by atoms with Gasteiger partial charge in [0, 0.05) is 18.0 Å². The van der Waals surface area contributed by atoms with Crippen LogP contribution < -0.4 is 16.2 Å². The Morgan fingerprint density at radius 1 is 1.47 bits per heavy atom. The van der Waals surface area contributed by atoms with Crippen LogP contribution in [0.25, 0.3) is 0 Å². The van der Waals surface area contributed by atoms with Gasteiger partial charge in [-0.2, -0.15) is 0 Å². The summed E-state index contributed by atoms with van der Waals surface area (Å²) in [7, 11) is 1.97. The number of hydrogen-bond acceptors (Lipinski definition) is 7. The zero-order chi connectivity index (χ0) is 13.8. The van der Waals surface area contributed by atoms with Gasteiger partial charge in [0.1, 0.15) is 11.6 Å². The van der Waals surface area contributed by atoms with E-state index >= 15 is 0 Å². The van der Waals surface area contributed by atoms with E-state index in [1.165, 1.54) is 16.6 Å². The van der Waals surface area contributed by atoms with Crippen molar-refractivity contribution in [1.29, 1.82) is 0 Å². The minimum atomic E-state index is 0.602. The Balaban J connectivity index is 2.20. The van der Waals surface area contributed by atoms with Gasteiger partial charge in [0.15, 0.2) is 5.16 Å². The highest BCUT2D eigenvalue weighted by Gasteiger charge is 2.09. The van der Waals surface area contributed by atoms with E-state index in [0.717, 1.165) is 16.7 Å². The summed E-state index contributed by atoms with van der Waals surface area (Å²) in [5, 5.41) is 0.682. The van der Waals surface area contributed by atoms with E-state index in [0.29, 0.717) is 11.0 Å². The Morgan fingerprint density at radius 2 is 2.26 bits per heavy atom. The number of hydrogen-bond donors (Lipinski definition) is 2. The minimum Gasteiger partial charge on any atom is -0.354 e. The van der Waals surface area contributed by atoms with Gasteiger partial charge in [0.25, 0.3) is 0 Å². The van der Waals surface area contributed by atoms with E-state index in [9.17, 15) is 0 Å². The summed E-state index contributed by atoms with van der Waals surface area (Å²) in [6, 6.07) is 5.73. The highest BCUT2D eigenvalue weighted by Crippen LogP contribution is 2.25. The molecule has 0 amide bonds. The molecule has 2 heterocycles. The molecule has 102 valence electrons. The first-order valence-corrected chi connectivity index (χ1v) is 7.89. The fraction of sp³-hybridized carbons (Fsp3) is 0.273. The van der Waals surface area contributed by atoms with Crippen molar-refractivity contribution < 1.29 is 0 Å². The van der Waals surface area contributed by atoms with E-state index in [1.807, 2.05) is 36.4 Å². The number of halogens is 1. The fourth-order valence-electron chi connectivity index (χ4n) is 1.53. The number of rotatable bonds is 5. The molecule has 0 saturated carbocycles. The maximum Gasteiger partial charge on any atom is 0.191 e. The van der Waals surface area contributed by atoms with Gasteiger partial charge >= 0.3 is 0 Å². The highest BCUT2D eigenvalue weighted by atomic mass is 35.5. The quantitative estimate of drug-likeness (QED) is 0.383. The summed E-state index contributed by atoms with van der Waals surface area (Å²) < 4.78 is 0.792. The van der Waals surface area contributed by atoms with Gasteiger partial charge < -0.3 is 10.3 Å².